The molecule has 2 unspecified atom stereocenters. The fourth-order valence-corrected chi connectivity index (χ4v) is 2.53. The zero-order valence-corrected chi connectivity index (χ0v) is 11.6. The van der Waals surface area contributed by atoms with E-state index in [1.54, 1.807) is 6.92 Å². The van der Waals surface area contributed by atoms with Crippen molar-refractivity contribution >= 4 is 23.8 Å². The van der Waals surface area contributed by atoms with Gasteiger partial charge in [0.15, 0.2) is 17.5 Å². The van der Waals surface area contributed by atoms with Gasteiger partial charge in [0.05, 0.1) is 5.92 Å². The molecule has 8 heteroatoms. The third-order valence-electron chi connectivity index (χ3n) is 3.73. The molecule has 1 aliphatic rings. The van der Waals surface area contributed by atoms with Crippen LogP contribution in [-0.4, -0.2) is 35.6 Å². The Morgan fingerprint density at radius 3 is 2.41 bits per heavy atom. The van der Waals surface area contributed by atoms with Gasteiger partial charge < -0.3 is 10.2 Å². The lowest BCUT2D eigenvalue weighted by atomic mass is 10.0. The van der Waals surface area contributed by atoms with Gasteiger partial charge in [-0.15, -0.1) is 0 Å². The van der Waals surface area contributed by atoms with E-state index in [1.165, 1.54) is 4.90 Å². The van der Waals surface area contributed by atoms with E-state index in [-0.39, 0.29) is 18.5 Å². The van der Waals surface area contributed by atoms with Gasteiger partial charge in [0.25, 0.3) is 5.91 Å². The molecule has 2 rings (SSSR count). The molecular weight excluding hydrogens is 301 g/mol. The first-order valence-corrected chi connectivity index (χ1v) is 6.56. The number of benzene rings is 1. The zero-order chi connectivity index (χ0) is 16.4. The Kier molecular flexibility index (Phi) is 4.48. The Labute approximate surface area is 124 Å². The van der Waals surface area contributed by atoms with Crippen molar-refractivity contribution in [1.29, 1.82) is 0 Å². The Hall–Kier alpha value is -2.38. The number of halogens is 3. The third-order valence-corrected chi connectivity index (χ3v) is 3.73. The van der Waals surface area contributed by atoms with Crippen molar-refractivity contribution in [2.75, 3.05) is 11.9 Å². The molecule has 1 aromatic carbocycles. The summed E-state index contributed by atoms with van der Waals surface area (Å²) in [5, 5.41) is 2.29. The number of likely N-dealkylation sites (tertiary alicyclic amines) is 1. The van der Waals surface area contributed by atoms with Crippen molar-refractivity contribution in [3.63, 3.8) is 0 Å². The number of carbonyl (C=O) groups excluding carboxylic acids is 3. The highest BCUT2D eigenvalue weighted by molar-refractivity contribution is 6.23. The SMILES string of the molecule is CC1C(C(=O)Nc2cc(F)c(F)c(F)c2)CCN1C(=O)C=O. The summed E-state index contributed by atoms with van der Waals surface area (Å²) in [4.78, 5) is 35.2. The molecule has 1 fully saturated rings. The predicted octanol–water partition coefficient (Wildman–Crippen LogP) is 1.48. The number of nitrogens with one attached hydrogen (secondary N) is 1. The van der Waals surface area contributed by atoms with Crippen molar-refractivity contribution in [1.82, 2.24) is 4.90 Å². The molecule has 1 saturated heterocycles. The fraction of sp³-hybridized carbons (Fsp3) is 0.357. The number of hydrogen-bond donors (Lipinski definition) is 1. The molecule has 1 N–H and O–H groups in total. The summed E-state index contributed by atoms with van der Waals surface area (Å²) in [6.07, 6.45) is 0.486. The first-order valence-electron chi connectivity index (χ1n) is 6.56. The summed E-state index contributed by atoms with van der Waals surface area (Å²) in [6, 6.07) is 0.821. The van der Waals surface area contributed by atoms with Gasteiger partial charge in [0.2, 0.25) is 12.2 Å². The lowest BCUT2D eigenvalue weighted by Gasteiger charge is -2.22. The summed E-state index contributed by atoms with van der Waals surface area (Å²) < 4.78 is 39.1. The lowest BCUT2D eigenvalue weighted by Crippen LogP contribution is -2.39. The van der Waals surface area contributed by atoms with Crippen LogP contribution in [0.25, 0.3) is 0 Å². The Bertz CT molecular complexity index is 613. The second-order valence-corrected chi connectivity index (χ2v) is 5.03. The number of amides is 2. The van der Waals surface area contributed by atoms with E-state index >= 15 is 0 Å². The number of rotatable bonds is 3. The Balaban J connectivity index is 2.10. The molecule has 0 spiro atoms. The van der Waals surface area contributed by atoms with Gasteiger partial charge in [-0.1, -0.05) is 0 Å². The van der Waals surface area contributed by atoms with Gasteiger partial charge in [0, 0.05) is 30.4 Å². The largest absolute Gasteiger partial charge is 0.333 e. The first kappa shape index (κ1) is 16.0. The van der Waals surface area contributed by atoms with E-state index in [9.17, 15) is 27.6 Å². The maximum atomic E-state index is 13.1. The van der Waals surface area contributed by atoms with Gasteiger partial charge in [-0.05, 0) is 13.3 Å². The number of hydrogen-bond acceptors (Lipinski definition) is 3. The maximum Gasteiger partial charge on any atom is 0.286 e. The van der Waals surface area contributed by atoms with E-state index in [4.69, 9.17) is 0 Å². The van der Waals surface area contributed by atoms with Crippen LogP contribution in [0, 0.1) is 23.4 Å². The minimum atomic E-state index is -1.62. The Morgan fingerprint density at radius 2 is 1.86 bits per heavy atom. The second-order valence-electron chi connectivity index (χ2n) is 5.03. The molecule has 0 aromatic heterocycles. The predicted molar refractivity (Wildman–Crippen MR) is 70.3 cm³/mol. The van der Waals surface area contributed by atoms with Crippen LogP contribution < -0.4 is 5.32 Å². The molecule has 2 atom stereocenters. The highest BCUT2D eigenvalue weighted by atomic mass is 19.2. The number of carbonyl (C=O) groups is 3. The lowest BCUT2D eigenvalue weighted by molar-refractivity contribution is -0.139. The van der Waals surface area contributed by atoms with Crippen LogP contribution in [0.2, 0.25) is 0 Å². The summed E-state index contributed by atoms with van der Waals surface area (Å²) in [6.45, 7) is 1.84. The van der Waals surface area contributed by atoms with E-state index in [1.807, 2.05) is 0 Å². The highest BCUT2D eigenvalue weighted by Crippen LogP contribution is 2.26. The van der Waals surface area contributed by atoms with Gasteiger partial charge in [-0.2, -0.15) is 0 Å². The zero-order valence-electron chi connectivity index (χ0n) is 11.6. The number of nitrogens with zero attached hydrogens (tertiary/aromatic N) is 1. The van der Waals surface area contributed by atoms with Crippen molar-refractivity contribution in [3.8, 4) is 0 Å². The second kappa shape index (κ2) is 6.17. The fourth-order valence-electron chi connectivity index (χ4n) is 2.53. The molecule has 0 saturated carbocycles. The smallest absolute Gasteiger partial charge is 0.286 e. The summed E-state index contributed by atoms with van der Waals surface area (Å²) in [5.74, 6) is -6.34. The molecule has 22 heavy (non-hydrogen) atoms. The monoisotopic (exact) mass is 314 g/mol. The van der Waals surface area contributed by atoms with Gasteiger partial charge >= 0.3 is 0 Å². The van der Waals surface area contributed by atoms with Gasteiger partial charge in [0.1, 0.15) is 0 Å². The number of aldehydes is 1. The normalized spacial score (nSPS) is 20.8. The summed E-state index contributed by atoms with van der Waals surface area (Å²) in [5.41, 5.74) is -0.214. The molecule has 2 amide bonds. The molecule has 1 heterocycles. The maximum absolute atomic E-state index is 13.1. The van der Waals surface area contributed by atoms with Gasteiger partial charge in [-0.25, -0.2) is 13.2 Å². The van der Waals surface area contributed by atoms with E-state index in [0.717, 1.165) is 0 Å². The average molecular weight is 314 g/mol. The molecular formula is C14H13F3N2O3. The van der Waals surface area contributed by atoms with Crippen LogP contribution in [0.3, 0.4) is 0 Å². The molecule has 0 radical (unpaired) electrons. The molecule has 1 aliphatic heterocycles. The minimum absolute atomic E-state index is 0.168. The molecule has 0 aliphatic carbocycles. The van der Waals surface area contributed by atoms with Crippen LogP contribution in [0.15, 0.2) is 12.1 Å². The van der Waals surface area contributed by atoms with Crippen molar-refractivity contribution in [3.05, 3.63) is 29.6 Å². The average Bonchev–Trinajstić information content (AvgIpc) is 2.85. The molecule has 0 bridgehead atoms. The molecule has 1 aromatic rings. The van der Waals surface area contributed by atoms with E-state index in [0.29, 0.717) is 18.6 Å². The van der Waals surface area contributed by atoms with Crippen molar-refractivity contribution in [2.24, 2.45) is 5.92 Å². The van der Waals surface area contributed by atoms with Crippen LogP contribution in [-0.2, 0) is 14.4 Å². The van der Waals surface area contributed by atoms with Crippen LogP contribution in [0.4, 0.5) is 18.9 Å². The van der Waals surface area contributed by atoms with Crippen molar-refractivity contribution in [2.45, 2.75) is 19.4 Å². The number of anilines is 1. The summed E-state index contributed by atoms with van der Waals surface area (Å²) >= 11 is 0. The van der Waals surface area contributed by atoms with Crippen LogP contribution in [0.1, 0.15) is 13.3 Å². The highest BCUT2D eigenvalue weighted by Gasteiger charge is 2.38. The quantitative estimate of drug-likeness (QED) is 0.522. The van der Waals surface area contributed by atoms with Crippen molar-refractivity contribution < 1.29 is 27.6 Å². The topological polar surface area (TPSA) is 66.5 Å². The van der Waals surface area contributed by atoms with E-state index < -0.39 is 41.2 Å². The molecule has 5 nitrogen and oxygen atoms in total. The minimum Gasteiger partial charge on any atom is -0.333 e. The summed E-state index contributed by atoms with van der Waals surface area (Å²) in [7, 11) is 0. The van der Waals surface area contributed by atoms with Crippen LogP contribution >= 0.6 is 0 Å². The van der Waals surface area contributed by atoms with Gasteiger partial charge in [-0.3, -0.25) is 14.4 Å². The third kappa shape index (κ3) is 2.95. The van der Waals surface area contributed by atoms with E-state index in [2.05, 4.69) is 5.32 Å². The molecule has 118 valence electrons. The standard InChI is InChI=1S/C14H13F3N2O3/c1-7-9(2-3-19(7)12(21)6-20)14(22)18-8-4-10(15)13(17)11(16)5-8/h4-7,9H,2-3H2,1H3,(H,18,22). The Morgan fingerprint density at radius 1 is 1.27 bits per heavy atom. The van der Waals surface area contributed by atoms with Crippen LogP contribution in [0.5, 0.6) is 0 Å². The first-order chi connectivity index (χ1) is 10.3.